The van der Waals surface area contributed by atoms with Crippen LogP contribution in [0.3, 0.4) is 0 Å². The molecule has 1 atom stereocenters. The van der Waals surface area contributed by atoms with Crippen LogP contribution in [0, 0.1) is 11.3 Å². The molecule has 2 aliphatic heterocycles. The van der Waals surface area contributed by atoms with Gasteiger partial charge in [-0.15, -0.1) is 0 Å². The average Bonchev–Trinajstić information content (AvgIpc) is 2.93. The maximum Gasteiger partial charge on any atom is 0.253 e. The number of nitrogens with zero attached hydrogens (tertiary/aromatic N) is 2. The molecule has 2 aliphatic rings. The highest BCUT2D eigenvalue weighted by molar-refractivity contribution is 6.13. The Hall–Kier alpha value is -2.24. The van der Waals surface area contributed by atoms with E-state index < -0.39 is 0 Å². The summed E-state index contributed by atoms with van der Waals surface area (Å²) < 4.78 is 0. The summed E-state index contributed by atoms with van der Waals surface area (Å²) >= 11 is 0. The average molecular weight is 318 g/mol. The van der Waals surface area contributed by atoms with Gasteiger partial charge in [0.15, 0.2) is 0 Å². The van der Waals surface area contributed by atoms with Crippen molar-refractivity contribution in [3.8, 4) is 0 Å². The molecule has 0 N–H and O–H groups in total. The van der Waals surface area contributed by atoms with E-state index in [0.717, 1.165) is 6.42 Å². The number of carbonyl (C=O) groups is 4. The van der Waals surface area contributed by atoms with Gasteiger partial charge in [-0.1, -0.05) is 20.8 Å². The number of hydrogen-bond donors (Lipinski definition) is 0. The normalized spacial score (nSPS) is 19.4. The zero-order chi connectivity index (χ0) is 17.2. The summed E-state index contributed by atoms with van der Waals surface area (Å²) in [5.41, 5.74) is -0.228. The topological polar surface area (TPSA) is 74.8 Å². The lowest BCUT2D eigenvalue weighted by Gasteiger charge is -2.32. The van der Waals surface area contributed by atoms with Crippen LogP contribution in [0.15, 0.2) is 24.3 Å². The van der Waals surface area contributed by atoms with Gasteiger partial charge in [-0.3, -0.25) is 29.0 Å². The van der Waals surface area contributed by atoms with Gasteiger partial charge < -0.3 is 0 Å². The van der Waals surface area contributed by atoms with Crippen LogP contribution in [0.2, 0.25) is 0 Å². The molecule has 0 radical (unpaired) electrons. The van der Waals surface area contributed by atoms with E-state index in [1.165, 1.54) is 34.1 Å². The lowest BCUT2D eigenvalue weighted by molar-refractivity contribution is -0.139. The van der Waals surface area contributed by atoms with E-state index in [-0.39, 0.29) is 35.0 Å². The summed E-state index contributed by atoms with van der Waals surface area (Å²) in [5.74, 6) is -0.807. The minimum absolute atomic E-state index is 0.228. The summed E-state index contributed by atoms with van der Waals surface area (Å²) in [7, 11) is 0. The van der Waals surface area contributed by atoms with Crippen molar-refractivity contribution in [1.82, 2.24) is 9.80 Å². The molecule has 0 spiro atoms. The van der Waals surface area contributed by atoms with E-state index in [9.17, 15) is 19.2 Å². The highest BCUT2D eigenvalue weighted by Gasteiger charge is 2.32. The van der Waals surface area contributed by atoms with E-state index in [0.29, 0.717) is 19.5 Å². The second-order valence-electron chi connectivity index (χ2n) is 7.02. The van der Waals surface area contributed by atoms with Gasteiger partial charge in [-0.2, -0.15) is 0 Å². The van der Waals surface area contributed by atoms with Crippen LogP contribution in [0.1, 0.15) is 33.6 Å². The Morgan fingerprint density at radius 3 is 1.78 bits per heavy atom. The fraction of sp³-hybridized carbons (Fsp3) is 0.529. The molecule has 2 rings (SSSR count). The molecule has 6 nitrogen and oxygen atoms in total. The number of amides is 4. The van der Waals surface area contributed by atoms with Crippen LogP contribution >= 0.6 is 0 Å². The Bertz CT molecular complexity index is 568. The van der Waals surface area contributed by atoms with Crippen LogP contribution in [0.4, 0.5) is 0 Å². The molecule has 124 valence electrons. The van der Waals surface area contributed by atoms with Crippen LogP contribution in [-0.2, 0) is 19.2 Å². The van der Waals surface area contributed by atoms with Crippen molar-refractivity contribution in [2.24, 2.45) is 11.3 Å². The number of imide groups is 2. The van der Waals surface area contributed by atoms with Gasteiger partial charge in [0.1, 0.15) is 0 Å². The number of rotatable bonds is 7. The quantitative estimate of drug-likeness (QED) is 0.663. The molecule has 2 heterocycles. The molecule has 4 amide bonds. The van der Waals surface area contributed by atoms with Crippen molar-refractivity contribution in [3.63, 3.8) is 0 Å². The van der Waals surface area contributed by atoms with Gasteiger partial charge in [0.25, 0.3) is 23.6 Å². The van der Waals surface area contributed by atoms with Crippen molar-refractivity contribution < 1.29 is 19.2 Å². The molecule has 0 saturated carbocycles. The van der Waals surface area contributed by atoms with Crippen LogP contribution in [0.25, 0.3) is 0 Å². The third-order valence-corrected chi connectivity index (χ3v) is 4.13. The van der Waals surface area contributed by atoms with Crippen LogP contribution in [-0.4, -0.2) is 46.5 Å². The highest BCUT2D eigenvalue weighted by Crippen LogP contribution is 2.29. The first-order valence-corrected chi connectivity index (χ1v) is 7.77. The lowest BCUT2D eigenvalue weighted by atomic mass is 9.81. The van der Waals surface area contributed by atoms with E-state index in [2.05, 4.69) is 0 Å². The standard InChI is InChI=1S/C17H22N2O4/c1-12(8-9-18-13(20)4-5-14(18)21)10-17(2,3)11-19-15(22)6-7-16(19)23/h4-7,12H,8-11H2,1-3H3. The maximum atomic E-state index is 11.6. The van der Waals surface area contributed by atoms with Gasteiger partial charge >= 0.3 is 0 Å². The van der Waals surface area contributed by atoms with Crippen molar-refractivity contribution in [1.29, 1.82) is 0 Å². The van der Waals surface area contributed by atoms with E-state index in [4.69, 9.17) is 0 Å². The molecule has 0 bridgehead atoms. The predicted octanol–water partition coefficient (Wildman–Crippen LogP) is 1.28. The van der Waals surface area contributed by atoms with Crippen molar-refractivity contribution in [2.75, 3.05) is 13.1 Å². The summed E-state index contributed by atoms with van der Waals surface area (Å²) in [6.45, 7) is 6.83. The van der Waals surface area contributed by atoms with Crippen LogP contribution < -0.4 is 0 Å². The van der Waals surface area contributed by atoms with Gasteiger partial charge in [0.05, 0.1) is 0 Å². The first-order valence-electron chi connectivity index (χ1n) is 7.77. The van der Waals surface area contributed by atoms with Crippen molar-refractivity contribution in [3.05, 3.63) is 24.3 Å². The van der Waals surface area contributed by atoms with E-state index in [1.54, 1.807) is 0 Å². The third-order valence-electron chi connectivity index (χ3n) is 4.13. The molecule has 23 heavy (non-hydrogen) atoms. The molecule has 0 saturated heterocycles. The minimum atomic E-state index is -0.268. The monoisotopic (exact) mass is 318 g/mol. The maximum absolute atomic E-state index is 11.6. The Kier molecular flexibility index (Phi) is 4.82. The second-order valence-corrected chi connectivity index (χ2v) is 7.02. The predicted molar refractivity (Wildman–Crippen MR) is 83.9 cm³/mol. The molecule has 0 aromatic rings. The summed E-state index contributed by atoms with van der Waals surface area (Å²) in [6.07, 6.45) is 6.64. The largest absolute Gasteiger partial charge is 0.275 e. The number of carbonyl (C=O) groups excluding carboxylic acids is 4. The first-order chi connectivity index (χ1) is 10.7. The smallest absolute Gasteiger partial charge is 0.253 e. The number of hydrogen-bond acceptors (Lipinski definition) is 4. The molecular formula is C17H22N2O4. The molecule has 1 unspecified atom stereocenters. The Morgan fingerprint density at radius 2 is 1.30 bits per heavy atom. The Labute approximate surface area is 135 Å². The van der Waals surface area contributed by atoms with E-state index >= 15 is 0 Å². The summed E-state index contributed by atoms with van der Waals surface area (Å²) in [5, 5.41) is 0. The molecule has 0 fully saturated rings. The van der Waals surface area contributed by atoms with Crippen molar-refractivity contribution in [2.45, 2.75) is 33.6 Å². The second kappa shape index (κ2) is 6.48. The third kappa shape index (κ3) is 4.15. The fourth-order valence-electron chi connectivity index (χ4n) is 3.13. The molecule has 0 aliphatic carbocycles. The lowest BCUT2D eigenvalue weighted by Crippen LogP contribution is -2.39. The van der Waals surface area contributed by atoms with Crippen molar-refractivity contribution >= 4 is 23.6 Å². The molecule has 6 heteroatoms. The zero-order valence-electron chi connectivity index (χ0n) is 13.7. The highest BCUT2D eigenvalue weighted by atomic mass is 16.2. The molecule has 0 aromatic carbocycles. The summed E-state index contributed by atoms with van der Waals surface area (Å²) in [4.78, 5) is 48.8. The SMILES string of the molecule is CC(CCN1C(=O)C=CC1=O)CC(C)(C)CN1C(=O)C=CC1=O. The first kappa shape index (κ1) is 17.1. The summed E-state index contributed by atoms with van der Waals surface area (Å²) in [6, 6.07) is 0. The zero-order valence-corrected chi connectivity index (χ0v) is 13.7. The van der Waals surface area contributed by atoms with Gasteiger partial charge in [0, 0.05) is 37.4 Å². The Balaban J connectivity index is 1.82. The minimum Gasteiger partial charge on any atom is -0.275 e. The van der Waals surface area contributed by atoms with Gasteiger partial charge in [-0.25, -0.2) is 0 Å². The van der Waals surface area contributed by atoms with Gasteiger partial charge in [0.2, 0.25) is 0 Å². The molecule has 0 aromatic heterocycles. The van der Waals surface area contributed by atoms with Crippen LogP contribution in [0.5, 0.6) is 0 Å². The fourth-order valence-corrected chi connectivity index (χ4v) is 3.13. The Morgan fingerprint density at radius 1 is 0.870 bits per heavy atom. The van der Waals surface area contributed by atoms with Gasteiger partial charge in [-0.05, 0) is 24.2 Å². The van der Waals surface area contributed by atoms with E-state index in [1.807, 2.05) is 20.8 Å². The molecular weight excluding hydrogens is 296 g/mol.